The molecule has 146 valence electrons. The van der Waals surface area contributed by atoms with E-state index >= 15 is 0 Å². The summed E-state index contributed by atoms with van der Waals surface area (Å²) in [5, 5.41) is 17.2. The third-order valence-electron chi connectivity index (χ3n) is 4.35. The summed E-state index contributed by atoms with van der Waals surface area (Å²) in [5.41, 5.74) is 1.63. The molecule has 0 bridgehead atoms. The second-order valence-electron chi connectivity index (χ2n) is 6.28. The molecule has 9 nitrogen and oxygen atoms in total. The van der Waals surface area contributed by atoms with Gasteiger partial charge in [0, 0.05) is 7.05 Å². The van der Waals surface area contributed by atoms with E-state index in [1.165, 1.54) is 11.0 Å². The number of methoxy groups -OCH3 is 1. The smallest absolute Gasteiger partial charge is 0.339 e. The lowest BCUT2D eigenvalue weighted by molar-refractivity contribution is 0.0694. The van der Waals surface area contributed by atoms with E-state index in [0.717, 1.165) is 5.69 Å². The monoisotopic (exact) mass is 384 g/mol. The number of nitrogens with zero attached hydrogens (tertiary/aromatic N) is 4. The summed E-state index contributed by atoms with van der Waals surface area (Å²) in [5.74, 6) is -0.0223. The normalized spacial score (nSPS) is 10.7. The van der Waals surface area contributed by atoms with Crippen molar-refractivity contribution < 1.29 is 23.8 Å². The Labute approximate surface area is 161 Å². The van der Waals surface area contributed by atoms with Crippen LogP contribution in [0.1, 0.15) is 38.1 Å². The summed E-state index contributed by atoms with van der Waals surface area (Å²) in [6, 6.07) is 8.64. The fourth-order valence-corrected chi connectivity index (χ4v) is 2.82. The first-order valence-corrected chi connectivity index (χ1v) is 8.46. The van der Waals surface area contributed by atoms with Crippen molar-refractivity contribution in [2.75, 3.05) is 14.2 Å². The highest BCUT2D eigenvalue weighted by molar-refractivity contribution is 5.93. The molecular weight excluding hydrogens is 364 g/mol. The lowest BCUT2D eigenvalue weighted by atomic mass is 10.2. The second kappa shape index (κ2) is 7.55. The van der Waals surface area contributed by atoms with Gasteiger partial charge in [-0.05, 0) is 44.2 Å². The highest BCUT2D eigenvalue weighted by atomic mass is 16.5. The van der Waals surface area contributed by atoms with E-state index in [-0.39, 0.29) is 23.7 Å². The molecule has 2 aromatic heterocycles. The van der Waals surface area contributed by atoms with Crippen LogP contribution in [0.5, 0.6) is 5.75 Å². The maximum Gasteiger partial charge on any atom is 0.339 e. The first-order chi connectivity index (χ1) is 13.3. The van der Waals surface area contributed by atoms with Gasteiger partial charge in [-0.15, -0.1) is 5.10 Å². The second-order valence-corrected chi connectivity index (χ2v) is 6.28. The molecule has 0 aliphatic rings. The largest absolute Gasteiger partial charge is 0.497 e. The average Bonchev–Trinajstić information content (AvgIpc) is 3.23. The molecule has 3 rings (SSSR count). The summed E-state index contributed by atoms with van der Waals surface area (Å²) in [7, 11) is 3.18. The number of rotatable bonds is 6. The Morgan fingerprint density at radius 3 is 2.50 bits per heavy atom. The lowest BCUT2D eigenvalue weighted by Crippen LogP contribution is -2.27. The average molecular weight is 384 g/mol. The minimum absolute atomic E-state index is 0.0810. The van der Waals surface area contributed by atoms with Crippen molar-refractivity contribution in [3.8, 4) is 11.4 Å². The summed E-state index contributed by atoms with van der Waals surface area (Å²) in [6.07, 6.45) is 0. The van der Waals surface area contributed by atoms with E-state index in [1.807, 2.05) is 12.1 Å². The standard InChI is InChI=1S/C19H20N4O5/c1-11-17(20-21-23(11)13-5-7-14(27-4)8-6-13)18(24)22(3)10-15-9-16(19(25)26)12(2)28-15/h5-9H,10H2,1-4H3,(H,25,26). The Morgan fingerprint density at radius 1 is 1.25 bits per heavy atom. The van der Waals surface area contributed by atoms with Crippen molar-refractivity contribution in [3.63, 3.8) is 0 Å². The van der Waals surface area contributed by atoms with Gasteiger partial charge < -0.3 is 19.2 Å². The molecule has 0 aliphatic heterocycles. The summed E-state index contributed by atoms with van der Waals surface area (Å²) < 4.78 is 12.1. The van der Waals surface area contributed by atoms with Crippen LogP contribution in [0.4, 0.5) is 0 Å². The molecule has 3 aromatic rings. The van der Waals surface area contributed by atoms with Crippen LogP contribution in [0.25, 0.3) is 5.69 Å². The van der Waals surface area contributed by atoms with Crippen molar-refractivity contribution in [2.24, 2.45) is 0 Å². The molecule has 0 spiro atoms. The van der Waals surface area contributed by atoms with Crippen LogP contribution in [0.3, 0.4) is 0 Å². The maximum atomic E-state index is 12.8. The Hall–Kier alpha value is -3.62. The Bertz CT molecular complexity index is 1020. The van der Waals surface area contributed by atoms with Gasteiger partial charge in [0.25, 0.3) is 5.91 Å². The Morgan fingerprint density at radius 2 is 1.93 bits per heavy atom. The van der Waals surface area contributed by atoms with E-state index in [2.05, 4.69) is 10.3 Å². The van der Waals surface area contributed by atoms with Gasteiger partial charge in [-0.3, -0.25) is 4.79 Å². The fourth-order valence-electron chi connectivity index (χ4n) is 2.82. The van der Waals surface area contributed by atoms with Gasteiger partial charge in [-0.2, -0.15) is 0 Å². The number of aromatic carboxylic acids is 1. The number of furan rings is 1. The van der Waals surface area contributed by atoms with Crippen LogP contribution in [0, 0.1) is 13.8 Å². The summed E-state index contributed by atoms with van der Waals surface area (Å²) >= 11 is 0. The molecule has 1 N–H and O–H groups in total. The van der Waals surface area contributed by atoms with Crippen LogP contribution >= 0.6 is 0 Å². The summed E-state index contributed by atoms with van der Waals surface area (Å²) in [4.78, 5) is 25.3. The molecule has 9 heteroatoms. The first kappa shape index (κ1) is 19.2. The highest BCUT2D eigenvalue weighted by Crippen LogP contribution is 2.19. The number of hydrogen-bond acceptors (Lipinski definition) is 6. The first-order valence-electron chi connectivity index (χ1n) is 8.46. The number of aromatic nitrogens is 3. The molecule has 0 saturated heterocycles. The van der Waals surface area contributed by atoms with E-state index in [4.69, 9.17) is 14.3 Å². The predicted molar refractivity (Wildman–Crippen MR) is 98.8 cm³/mol. The topological polar surface area (TPSA) is 111 Å². The van der Waals surface area contributed by atoms with Crippen molar-refractivity contribution in [3.05, 3.63) is 58.8 Å². The number of carbonyl (C=O) groups excluding carboxylic acids is 1. The number of benzene rings is 1. The van der Waals surface area contributed by atoms with Crippen molar-refractivity contribution in [1.29, 1.82) is 0 Å². The molecular formula is C19H20N4O5. The van der Waals surface area contributed by atoms with E-state index in [9.17, 15) is 9.59 Å². The van der Waals surface area contributed by atoms with Crippen LogP contribution in [0.2, 0.25) is 0 Å². The molecule has 0 saturated carbocycles. The third kappa shape index (κ3) is 3.59. The Kier molecular flexibility index (Phi) is 5.16. The van der Waals surface area contributed by atoms with Gasteiger partial charge in [0.2, 0.25) is 0 Å². The molecule has 0 unspecified atom stereocenters. The number of carbonyl (C=O) groups is 2. The molecule has 2 heterocycles. The molecule has 0 aliphatic carbocycles. The SMILES string of the molecule is COc1ccc(-n2nnc(C(=O)N(C)Cc3cc(C(=O)O)c(C)o3)c2C)cc1. The number of aryl methyl sites for hydroxylation is 1. The molecule has 28 heavy (non-hydrogen) atoms. The zero-order valence-electron chi connectivity index (χ0n) is 16.0. The molecule has 0 radical (unpaired) electrons. The van der Waals surface area contributed by atoms with Crippen LogP contribution in [0.15, 0.2) is 34.7 Å². The van der Waals surface area contributed by atoms with Crippen LogP contribution < -0.4 is 4.74 Å². The van der Waals surface area contributed by atoms with Gasteiger partial charge in [0.15, 0.2) is 5.69 Å². The molecule has 1 amide bonds. The quantitative estimate of drug-likeness (QED) is 0.695. The molecule has 0 fully saturated rings. The van der Waals surface area contributed by atoms with Gasteiger partial charge >= 0.3 is 5.97 Å². The van der Waals surface area contributed by atoms with Gasteiger partial charge in [-0.1, -0.05) is 5.21 Å². The van der Waals surface area contributed by atoms with Gasteiger partial charge in [0.05, 0.1) is 25.0 Å². The van der Waals surface area contributed by atoms with Crippen LogP contribution in [-0.2, 0) is 6.54 Å². The van der Waals surface area contributed by atoms with Crippen molar-refractivity contribution >= 4 is 11.9 Å². The van der Waals surface area contributed by atoms with Crippen molar-refractivity contribution in [2.45, 2.75) is 20.4 Å². The minimum Gasteiger partial charge on any atom is -0.497 e. The summed E-state index contributed by atoms with van der Waals surface area (Å²) in [6.45, 7) is 3.44. The van der Waals surface area contributed by atoms with E-state index in [0.29, 0.717) is 23.0 Å². The van der Waals surface area contributed by atoms with Crippen LogP contribution in [-0.4, -0.2) is 51.0 Å². The number of carboxylic acids is 1. The maximum absolute atomic E-state index is 12.8. The Balaban J connectivity index is 1.79. The number of ether oxygens (including phenoxy) is 1. The minimum atomic E-state index is -1.07. The van der Waals surface area contributed by atoms with Gasteiger partial charge in [-0.25, -0.2) is 9.48 Å². The number of amides is 1. The zero-order chi connectivity index (χ0) is 20.4. The van der Waals surface area contributed by atoms with Gasteiger partial charge in [0.1, 0.15) is 22.8 Å². The number of hydrogen-bond donors (Lipinski definition) is 1. The fraction of sp³-hybridized carbons (Fsp3) is 0.263. The molecule has 1 aromatic carbocycles. The van der Waals surface area contributed by atoms with Crippen molar-refractivity contribution in [1.82, 2.24) is 19.9 Å². The zero-order valence-corrected chi connectivity index (χ0v) is 16.0. The van der Waals surface area contributed by atoms with E-state index in [1.54, 1.807) is 44.8 Å². The van der Waals surface area contributed by atoms with E-state index < -0.39 is 5.97 Å². The molecule has 0 atom stereocenters. The predicted octanol–water partition coefficient (Wildman–Crippen LogP) is 2.46. The number of carboxylic acid groups (broad SMARTS) is 1. The lowest BCUT2D eigenvalue weighted by Gasteiger charge is -2.14. The highest BCUT2D eigenvalue weighted by Gasteiger charge is 2.23. The third-order valence-corrected chi connectivity index (χ3v) is 4.35.